The van der Waals surface area contributed by atoms with Gasteiger partial charge in [0.2, 0.25) is 0 Å². The van der Waals surface area contributed by atoms with E-state index < -0.39 is 4.92 Å². The summed E-state index contributed by atoms with van der Waals surface area (Å²) < 4.78 is 0. The van der Waals surface area contributed by atoms with Gasteiger partial charge in [0.25, 0.3) is 11.6 Å². The smallest absolute Gasteiger partial charge is 0.287 e. The average Bonchev–Trinajstić information content (AvgIpc) is 3.05. The molecule has 104 valence electrons. The number of hydrogen-bond donors (Lipinski definition) is 2. The Bertz CT molecular complexity index is 465. The van der Waals surface area contributed by atoms with Crippen LogP contribution in [-0.2, 0) is 0 Å². The van der Waals surface area contributed by atoms with Crippen LogP contribution < -0.4 is 5.32 Å². The van der Waals surface area contributed by atoms with E-state index in [-0.39, 0.29) is 23.3 Å². The molecule has 0 saturated carbocycles. The van der Waals surface area contributed by atoms with Gasteiger partial charge in [0, 0.05) is 25.2 Å². The second-order valence-corrected chi connectivity index (χ2v) is 4.67. The predicted molar refractivity (Wildman–Crippen MR) is 70.0 cm³/mol. The monoisotopic (exact) mass is 266 g/mol. The second-order valence-electron chi connectivity index (χ2n) is 4.67. The lowest BCUT2D eigenvalue weighted by molar-refractivity contribution is -0.384. The molecule has 1 atom stereocenters. The molecule has 1 fully saturated rings. The van der Waals surface area contributed by atoms with Gasteiger partial charge in [-0.3, -0.25) is 14.9 Å². The molecule has 1 aliphatic rings. The van der Waals surface area contributed by atoms with E-state index in [1.807, 2.05) is 6.92 Å². The van der Waals surface area contributed by atoms with E-state index in [4.69, 9.17) is 0 Å². The van der Waals surface area contributed by atoms with Gasteiger partial charge < -0.3 is 15.2 Å². The lowest BCUT2D eigenvalue weighted by Crippen LogP contribution is -2.42. The van der Waals surface area contributed by atoms with E-state index in [0.29, 0.717) is 6.54 Å². The fourth-order valence-corrected chi connectivity index (χ4v) is 2.36. The maximum Gasteiger partial charge on any atom is 0.287 e. The summed E-state index contributed by atoms with van der Waals surface area (Å²) in [6.07, 6.45) is 3.05. The number of aromatic amines is 1. The molecule has 0 radical (unpaired) electrons. The molecular formula is C12H18N4O3. The number of rotatable bonds is 5. The van der Waals surface area contributed by atoms with Crippen LogP contribution in [0.5, 0.6) is 0 Å². The molecule has 7 nitrogen and oxygen atoms in total. The summed E-state index contributed by atoms with van der Waals surface area (Å²) in [7, 11) is 0. The minimum Gasteiger partial charge on any atom is -0.351 e. The number of nitro groups is 1. The Kier molecular flexibility index (Phi) is 4.16. The summed E-state index contributed by atoms with van der Waals surface area (Å²) in [4.78, 5) is 27.0. The molecule has 7 heteroatoms. The number of amides is 1. The number of aromatic nitrogens is 1. The molecule has 2 N–H and O–H groups in total. The largest absolute Gasteiger partial charge is 0.351 e. The third-order valence-electron chi connectivity index (χ3n) is 3.31. The van der Waals surface area contributed by atoms with Crippen LogP contribution in [0.2, 0.25) is 0 Å². The molecule has 2 heterocycles. The fraction of sp³-hybridized carbons (Fsp3) is 0.583. The van der Waals surface area contributed by atoms with Gasteiger partial charge in [-0.2, -0.15) is 0 Å². The standard InChI is InChI=1S/C12H18N4O3/c1-2-5-15(9-3-4-13-7-9)12(17)11-6-10(8-14-11)16(18)19/h6,8-9,13-14H,2-5,7H2,1H3. The van der Waals surface area contributed by atoms with Crippen molar-refractivity contribution >= 4 is 11.6 Å². The molecule has 0 aliphatic carbocycles. The first-order valence-electron chi connectivity index (χ1n) is 6.48. The summed E-state index contributed by atoms with van der Waals surface area (Å²) in [6.45, 7) is 4.37. The molecule has 1 aromatic rings. The summed E-state index contributed by atoms with van der Waals surface area (Å²) in [5, 5.41) is 13.9. The first-order chi connectivity index (χ1) is 9.13. The van der Waals surface area contributed by atoms with Crippen LogP contribution >= 0.6 is 0 Å². The van der Waals surface area contributed by atoms with Crippen molar-refractivity contribution in [2.24, 2.45) is 0 Å². The normalized spacial score (nSPS) is 18.5. The predicted octanol–water partition coefficient (Wildman–Crippen LogP) is 1.14. The number of carbonyl (C=O) groups is 1. The zero-order valence-electron chi connectivity index (χ0n) is 10.9. The third-order valence-corrected chi connectivity index (χ3v) is 3.31. The average molecular weight is 266 g/mol. The first kappa shape index (κ1) is 13.5. The van der Waals surface area contributed by atoms with E-state index in [9.17, 15) is 14.9 Å². The zero-order valence-corrected chi connectivity index (χ0v) is 10.9. The van der Waals surface area contributed by atoms with Crippen molar-refractivity contribution in [2.45, 2.75) is 25.8 Å². The van der Waals surface area contributed by atoms with Gasteiger partial charge >= 0.3 is 0 Å². The number of H-pyrrole nitrogens is 1. The number of hydrogen-bond acceptors (Lipinski definition) is 4. The molecule has 0 aromatic carbocycles. The fourth-order valence-electron chi connectivity index (χ4n) is 2.36. The van der Waals surface area contributed by atoms with Crippen molar-refractivity contribution in [1.82, 2.24) is 15.2 Å². The van der Waals surface area contributed by atoms with Crippen molar-refractivity contribution < 1.29 is 9.72 Å². The van der Waals surface area contributed by atoms with E-state index in [1.165, 1.54) is 12.3 Å². The Morgan fingerprint density at radius 2 is 2.42 bits per heavy atom. The van der Waals surface area contributed by atoms with Crippen molar-refractivity contribution in [1.29, 1.82) is 0 Å². The van der Waals surface area contributed by atoms with Gasteiger partial charge in [0.15, 0.2) is 0 Å². The minimum atomic E-state index is -0.505. The van der Waals surface area contributed by atoms with Crippen LogP contribution in [0.25, 0.3) is 0 Å². The molecule has 1 unspecified atom stereocenters. The highest BCUT2D eigenvalue weighted by Crippen LogP contribution is 2.17. The Morgan fingerprint density at radius 3 is 2.95 bits per heavy atom. The Hall–Kier alpha value is -1.89. The lowest BCUT2D eigenvalue weighted by atomic mass is 10.2. The summed E-state index contributed by atoms with van der Waals surface area (Å²) in [5.74, 6) is -0.163. The summed E-state index contributed by atoms with van der Waals surface area (Å²) >= 11 is 0. The highest BCUT2D eigenvalue weighted by molar-refractivity contribution is 5.93. The SMILES string of the molecule is CCCN(C(=O)c1cc([N+](=O)[O-])c[nH]1)C1CCNC1. The van der Waals surface area contributed by atoms with E-state index in [2.05, 4.69) is 10.3 Å². The zero-order chi connectivity index (χ0) is 13.8. The maximum atomic E-state index is 12.4. The number of nitrogens with zero attached hydrogens (tertiary/aromatic N) is 2. The topological polar surface area (TPSA) is 91.3 Å². The van der Waals surface area contributed by atoms with Crippen molar-refractivity contribution in [3.8, 4) is 0 Å². The molecule has 1 amide bonds. The molecule has 2 rings (SSSR count). The molecule has 1 saturated heterocycles. The molecule has 1 aliphatic heterocycles. The second kappa shape index (κ2) is 5.83. The van der Waals surface area contributed by atoms with Crippen LogP contribution in [-0.4, -0.2) is 46.4 Å². The Morgan fingerprint density at radius 1 is 1.63 bits per heavy atom. The molecule has 19 heavy (non-hydrogen) atoms. The van der Waals surface area contributed by atoms with Gasteiger partial charge in [0.1, 0.15) is 5.69 Å². The van der Waals surface area contributed by atoms with Crippen molar-refractivity contribution in [2.75, 3.05) is 19.6 Å². The van der Waals surface area contributed by atoms with E-state index in [0.717, 1.165) is 25.9 Å². The van der Waals surface area contributed by atoms with E-state index in [1.54, 1.807) is 4.90 Å². The summed E-state index contributed by atoms with van der Waals surface area (Å²) in [6, 6.07) is 1.47. The van der Waals surface area contributed by atoms with Crippen LogP contribution in [0.4, 0.5) is 5.69 Å². The highest BCUT2D eigenvalue weighted by Gasteiger charge is 2.28. The van der Waals surface area contributed by atoms with Crippen LogP contribution in [0.15, 0.2) is 12.3 Å². The van der Waals surface area contributed by atoms with Gasteiger partial charge in [0.05, 0.1) is 11.1 Å². The van der Waals surface area contributed by atoms with Gasteiger partial charge in [-0.15, -0.1) is 0 Å². The Balaban J connectivity index is 2.15. The molecule has 0 spiro atoms. The van der Waals surface area contributed by atoms with Crippen LogP contribution in [0, 0.1) is 10.1 Å². The van der Waals surface area contributed by atoms with Crippen LogP contribution in [0.3, 0.4) is 0 Å². The van der Waals surface area contributed by atoms with Crippen molar-refractivity contribution in [3.05, 3.63) is 28.1 Å². The maximum absolute atomic E-state index is 12.4. The number of carbonyl (C=O) groups excluding carboxylic acids is 1. The summed E-state index contributed by atoms with van der Waals surface area (Å²) in [5.41, 5.74) is 0.205. The molecule has 0 bridgehead atoms. The first-order valence-corrected chi connectivity index (χ1v) is 6.48. The Labute approximate surface area is 111 Å². The molecule has 1 aromatic heterocycles. The number of nitrogens with one attached hydrogen (secondary N) is 2. The lowest BCUT2D eigenvalue weighted by Gasteiger charge is -2.27. The highest BCUT2D eigenvalue weighted by atomic mass is 16.6. The van der Waals surface area contributed by atoms with Gasteiger partial charge in [-0.05, 0) is 19.4 Å². The van der Waals surface area contributed by atoms with Crippen molar-refractivity contribution in [3.63, 3.8) is 0 Å². The van der Waals surface area contributed by atoms with E-state index >= 15 is 0 Å². The minimum absolute atomic E-state index is 0.0793. The molecular weight excluding hydrogens is 248 g/mol. The van der Waals surface area contributed by atoms with Gasteiger partial charge in [-0.25, -0.2) is 0 Å². The third kappa shape index (κ3) is 2.93. The quantitative estimate of drug-likeness (QED) is 0.617. The van der Waals surface area contributed by atoms with Crippen LogP contribution in [0.1, 0.15) is 30.3 Å². The van der Waals surface area contributed by atoms with Gasteiger partial charge in [-0.1, -0.05) is 6.92 Å².